The Kier molecular flexibility index (Phi) is 4.60. The van der Waals surface area contributed by atoms with Gasteiger partial charge in [0.05, 0.1) is 0 Å². The lowest BCUT2D eigenvalue weighted by molar-refractivity contribution is 0.691. The van der Waals surface area contributed by atoms with E-state index in [4.69, 9.17) is 11.6 Å². The van der Waals surface area contributed by atoms with Crippen LogP contribution in [0.15, 0.2) is 53.0 Å². The van der Waals surface area contributed by atoms with Crippen LogP contribution in [0.25, 0.3) is 0 Å². The van der Waals surface area contributed by atoms with Gasteiger partial charge in [0.1, 0.15) is 0 Å². The maximum absolute atomic E-state index is 5.90. The van der Waals surface area contributed by atoms with Gasteiger partial charge in [0.2, 0.25) is 0 Å². The third-order valence-corrected chi connectivity index (χ3v) is 3.48. The summed E-state index contributed by atoms with van der Waals surface area (Å²) in [6, 6.07) is 16.2. The zero-order chi connectivity index (χ0) is 12.1. The van der Waals surface area contributed by atoms with E-state index in [2.05, 4.69) is 45.5 Å². The number of rotatable bonds is 4. The van der Waals surface area contributed by atoms with Crippen molar-refractivity contribution in [2.24, 2.45) is 0 Å². The van der Waals surface area contributed by atoms with E-state index in [1.165, 1.54) is 11.1 Å². The third kappa shape index (κ3) is 3.84. The minimum Gasteiger partial charge on any atom is -0.309 e. The number of benzene rings is 2. The predicted molar refractivity (Wildman–Crippen MR) is 76.1 cm³/mol. The molecule has 2 aromatic carbocycles. The van der Waals surface area contributed by atoms with Crippen molar-refractivity contribution in [3.63, 3.8) is 0 Å². The van der Waals surface area contributed by atoms with Crippen LogP contribution in [0.5, 0.6) is 0 Å². The molecule has 2 rings (SSSR count). The van der Waals surface area contributed by atoms with Crippen molar-refractivity contribution in [1.29, 1.82) is 0 Å². The first-order valence-electron chi connectivity index (χ1n) is 5.44. The SMILES string of the molecule is Clc1ccc(CNCc2ccccc2)c(Br)c1. The fraction of sp³-hybridized carbons (Fsp3) is 0.143. The fourth-order valence-corrected chi connectivity index (χ4v) is 2.43. The second kappa shape index (κ2) is 6.20. The highest BCUT2D eigenvalue weighted by Gasteiger charge is 2.00. The molecule has 0 atom stereocenters. The van der Waals surface area contributed by atoms with Gasteiger partial charge in [0.25, 0.3) is 0 Å². The van der Waals surface area contributed by atoms with E-state index in [0.29, 0.717) is 0 Å². The lowest BCUT2D eigenvalue weighted by atomic mass is 10.2. The molecular weight excluding hydrogens is 298 g/mol. The summed E-state index contributed by atoms with van der Waals surface area (Å²) in [7, 11) is 0. The van der Waals surface area contributed by atoms with E-state index in [1.807, 2.05) is 24.3 Å². The van der Waals surface area contributed by atoms with Crippen LogP contribution in [0.2, 0.25) is 5.02 Å². The van der Waals surface area contributed by atoms with Crippen molar-refractivity contribution in [3.8, 4) is 0 Å². The molecule has 17 heavy (non-hydrogen) atoms. The summed E-state index contributed by atoms with van der Waals surface area (Å²) in [6.07, 6.45) is 0. The van der Waals surface area contributed by atoms with Crippen LogP contribution in [-0.4, -0.2) is 0 Å². The monoisotopic (exact) mass is 309 g/mol. The fourth-order valence-electron chi connectivity index (χ4n) is 1.60. The van der Waals surface area contributed by atoms with Crippen molar-refractivity contribution in [1.82, 2.24) is 5.32 Å². The standard InChI is InChI=1S/C14H13BrClN/c15-14-8-13(16)7-6-12(14)10-17-9-11-4-2-1-3-5-11/h1-8,17H,9-10H2. The molecule has 0 unspecified atom stereocenters. The molecule has 0 spiro atoms. The molecule has 0 amide bonds. The van der Waals surface area contributed by atoms with E-state index in [0.717, 1.165) is 22.6 Å². The van der Waals surface area contributed by atoms with Gasteiger partial charge in [-0.3, -0.25) is 0 Å². The molecule has 0 aliphatic heterocycles. The smallest absolute Gasteiger partial charge is 0.0417 e. The highest BCUT2D eigenvalue weighted by atomic mass is 79.9. The van der Waals surface area contributed by atoms with Gasteiger partial charge in [-0.2, -0.15) is 0 Å². The average Bonchev–Trinajstić information content (AvgIpc) is 2.33. The lowest BCUT2D eigenvalue weighted by Crippen LogP contribution is -2.12. The number of hydrogen-bond donors (Lipinski definition) is 1. The minimum atomic E-state index is 0.753. The summed E-state index contributed by atoms with van der Waals surface area (Å²) in [4.78, 5) is 0. The van der Waals surface area contributed by atoms with Gasteiger partial charge in [-0.15, -0.1) is 0 Å². The molecule has 1 nitrogen and oxygen atoms in total. The summed E-state index contributed by atoms with van der Waals surface area (Å²) in [5.74, 6) is 0. The predicted octanol–water partition coefficient (Wildman–Crippen LogP) is 4.39. The van der Waals surface area contributed by atoms with Crippen LogP contribution in [0.3, 0.4) is 0 Å². The van der Waals surface area contributed by atoms with Gasteiger partial charge >= 0.3 is 0 Å². The van der Waals surface area contributed by atoms with E-state index in [9.17, 15) is 0 Å². The van der Waals surface area contributed by atoms with Crippen LogP contribution in [0.4, 0.5) is 0 Å². The highest BCUT2D eigenvalue weighted by Crippen LogP contribution is 2.21. The van der Waals surface area contributed by atoms with Crippen LogP contribution in [0.1, 0.15) is 11.1 Å². The normalized spacial score (nSPS) is 10.5. The van der Waals surface area contributed by atoms with Crippen molar-refractivity contribution < 1.29 is 0 Å². The molecule has 0 fully saturated rings. The largest absolute Gasteiger partial charge is 0.309 e. The highest BCUT2D eigenvalue weighted by molar-refractivity contribution is 9.10. The zero-order valence-electron chi connectivity index (χ0n) is 9.29. The Morgan fingerprint density at radius 2 is 1.76 bits per heavy atom. The maximum Gasteiger partial charge on any atom is 0.0417 e. The van der Waals surface area contributed by atoms with Crippen LogP contribution >= 0.6 is 27.5 Å². The van der Waals surface area contributed by atoms with Crippen molar-refractivity contribution >= 4 is 27.5 Å². The van der Waals surface area contributed by atoms with E-state index in [-0.39, 0.29) is 0 Å². The van der Waals surface area contributed by atoms with Gasteiger partial charge in [-0.1, -0.05) is 63.9 Å². The van der Waals surface area contributed by atoms with Gasteiger partial charge in [-0.25, -0.2) is 0 Å². The second-order valence-corrected chi connectivity index (χ2v) is 5.12. The molecule has 3 heteroatoms. The lowest BCUT2D eigenvalue weighted by Gasteiger charge is -2.07. The summed E-state index contributed by atoms with van der Waals surface area (Å²) < 4.78 is 1.05. The van der Waals surface area contributed by atoms with Gasteiger partial charge < -0.3 is 5.32 Å². The van der Waals surface area contributed by atoms with Gasteiger partial charge in [-0.05, 0) is 23.3 Å². The third-order valence-electron chi connectivity index (χ3n) is 2.50. The molecule has 0 aliphatic carbocycles. The molecule has 0 radical (unpaired) electrons. The van der Waals surface area contributed by atoms with Crippen molar-refractivity contribution in [2.45, 2.75) is 13.1 Å². The first-order chi connectivity index (χ1) is 8.25. The van der Waals surface area contributed by atoms with E-state index < -0.39 is 0 Å². The molecule has 0 bridgehead atoms. The molecule has 1 N–H and O–H groups in total. The molecule has 88 valence electrons. The molecule has 0 aromatic heterocycles. The average molecular weight is 311 g/mol. The number of halogens is 2. The first kappa shape index (κ1) is 12.6. The topological polar surface area (TPSA) is 12.0 Å². The molecule has 0 heterocycles. The maximum atomic E-state index is 5.90. The van der Waals surface area contributed by atoms with Crippen LogP contribution in [-0.2, 0) is 13.1 Å². The summed E-state index contributed by atoms with van der Waals surface area (Å²) in [5, 5.41) is 4.16. The van der Waals surface area contributed by atoms with Gasteiger partial charge in [0.15, 0.2) is 0 Å². The Labute approximate surface area is 115 Å². The van der Waals surface area contributed by atoms with Crippen LogP contribution in [0, 0.1) is 0 Å². The molecular formula is C14H13BrClN. The molecule has 0 saturated heterocycles. The molecule has 2 aromatic rings. The van der Waals surface area contributed by atoms with E-state index in [1.54, 1.807) is 0 Å². The number of hydrogen-bond acceptors (Lipinski definition) is 1. The molecule has 0 aliphatic rings. The Morgan fingerprint density at radius 3 is 2.47 bits per heavy atom. The van der Waals surface area contributed by atoms with Crippen molar-refractivity contribution in [3.05, 3.63) is 69.2 Å². The zero-order valence-corrected chi connectivity index (χ0v) is 11.6. The quantitative estimate of drug-likeness (QED) is 0.883. The Bertz CT molecular complexity index is 485. The Morgan fingerprint density at radius 1 is 1.00 bits per heavy atom. The van der Waals surface area contributed by atoms with Gasteiger partial charge in [0, 0.05) is 22.6 Å². The first-order valence-corrected chi connectivity index (χ1v) is 6.61. The summed E-state index contributed by atoms with van der Waals surface area (Å²) >= 11 is 9.41. The Balaban J connectivity index is 1.90. The minimum absolute atomic E-state index is 0.753. The van der Waals surface area contributed by atoms with E-state index >= 15 is 0 Å². The summed E-state index contributed by atoms with van der Waals surface area (Å²) in [6.45, 7) is 1.70. The molecule has 0 saturated carbocycles. The Hall–Kier alpha value is -0.830. The summed E-state index contributed by atoms with van der Waals surface area (Å²) in [5.41, 5.74) is 2.50. The number of nitrogens with one attached hydrogen (secondary N) is 1. The second-order valence-electron chi connectivity index (χ2n) is 3.82. The van der Waals surface area contributed by atoms with Crippen LogP contribution < -0.4 is 5.32 Å². The van der Waals surface area contributed by atoms with Crippen molar-refractivity contribution in [2.75, 3.05) is 0 Å².